The van der Waals surface area contributed by atoms with Gasteiger partial charge in [-0.25, -0.2) is 0 Å². The van der Waals surface area contributed by atoms with Crippen LogP contribution >= 0.6 is 0 Å². The van der Waals surface area contributed by atoms with Crippen molar-refractivity contribution in [1.82, 2.24) is 4.98 Å². The summed E-state index contributed by atoms with van der Waals surface area (Å²) in [6.45, 7) is 6.77. The van der Waals surface area contributed by atoms with Gasteiger partial charge in [0.25, 0.3) is 0 Å². The van der Waals surface area contributed by atoms with E-state index in [-0.39, 0.29) is 17.5 Å². The fraction of sp³-hybridized carbons (Fsp3) is 0.393. The van der Waals surface area contributed by atoms with E-state index in [4.69, 9.17) is 4.99 Å². The van der Waals surface area contributed by atoms with Crippen molar-refractivity contribution in [3.8, 4) is 0 Å². The first-order valence-corrected chi connectivity index (χ1v) is 11.7. The lowest BCUT2D eigenvalue weighted by molar-refractivity contribution is -0.130. The topological polar surface area (TPSA) is 62.3 Å². The van der Waals surface area contributed by atoms with Gasteiger partial charge in [0.1, 0.15) is 17.5 Å². The summed E-state index contributed by atoms with van der Waals surface area (Å²) < 4.78 is 0. The summed E-state index contributed by atoms with van der Waals surface area (Å²) in [4.78, 5) is 34.2. The van der Waals surface area contributed by atoms with Crippen LogP contribution in [0, 0.1) is 19.8 Å². The normalized spacial score (nSPS) is 20.2. The maximum absolute atomic E-state index is 13.1. The molecular weight excluding hydrogens is 396 g/mol. The van der Waals surface area contributed by atoms with Gasteiger partial charge in [-0.05, 0) is 62.3 Å². The average Bonchev–Trinajstić information content (AvgIpc) is 3.08. The van der Waals surface area contributed by atoms with Crippen molar-refractivity contribution in [3.05, 3.63) is 70.9 Å². The molecule has 0 amide bonds. The Morgan fingerprint density at radius 2 is 1.88 bits per heavy atom. The number of ketones is 2. The Kier molecular flexibility index (Phi) is 6.69. The summed E-state index contributed by atoms with van der Waals surface area (Å²) in [6, 6.07) is 16.6. The second kappa shape index (κ2) is 9.64. The molecular formula is C28H32N2O2. The fourth-order valence-electron chi connectivity index (χ4n) is 4.99. The molecule has 3 aromatic rings. The average molecular weight is 429 g/mol. The van der Waals surface area contributed by atoms with Gasteiger partial charge in [0.15, 0.2) is 0 Å². The number of Topliss-reactive ketones (excluding diaryl/α,β-unsaturated/α-hetero) is 2. The Morgan fingerprint density at radius 3 is 2.62 bits per heavy atom. The summed E-state index contributed by atoms with van der Waals surface area (Å²) in [6.07, 6.45) is 3.08. The monoisotopic (exact) mass is 428 g/mol. The van der Waals surface area contributed by atoms with Gasteiger partial charge in [-0.1, -0.05) is 48.9 Å². The zero-order chi connectivity index (χ0) is 22.7. The number of aromatic amines is 1. The molecule has 0 radical (unpaired) electrons. The van der Waals surface area contributed by atoms with Crippen LogP contribution in [0.3, 0.4) is 0 Å². The molecule has 0 bridgehead atoms. The molecule has 0 saturated heterocycles. The number of H-pyrrole nitrogens is 1. The predicted molar refractivity (Wildman–Crippen MR) is 131 cm³/mol. The zero-order valence-electron chi connectivity index (χ0n) is 19.3. The van der Waals surface area contributed by atoms with E-state index >= 15 is 0 Å². The number of benzene rings is 2. The molecule has 0 aliphatic heterocycles. The van der Waals surface area contributed by atoms with Crippen molar-refractivity contribution in [3.63, 3.8) is 0 Å². The van der Waals surface area contributed by atoms with Crippen LogP contribution in [-0.2, 0) is 16.0 Å². The van der Waals surface area contributed by atoms with Crippen LogP contribution in [0.2, 0.25) is 0 Å². The first kappa shape index (κ1) is 22.2. The van der Waals surface area contributed by atoms with E-state index < -0.39 is 5.92 Å². The highest BCUT2D eigenvalue weighted by atomic mass is 16.2. The molecule has 32 heavy (non-hydrogen) atoms. The summed E-state index contributed by atoms with van der Waals surface area (Å²) in [5, 5.41) is 1.24. The van der Waals surface area contributed by atoms with Crippen LogP contribution in [0.1, 0.15) is 60.9 Å². The van der Waals surface area contributed by atoms with Gasteiger partial charge >= 0.3 is 0 Å². The molecule has 4 rings (SSSR count). The van der Waals surface area contributed by atoms with Crippen LogP contribution in [0.15, 0.2) is 53.5 Å². The highest BCUT2D eigenvalue weighted by molar-refractivity contribution is 6.22. The number of hydrogen-bond donors (Lipinski definition) is 1. The standard InChI is InChI=1S/C28H32N2O2/c1-4-8-26(31)28-25(16-21(17-27(28)32)20-9-6-5-7-10-20)29-14-13-22-19(3)30-24-12-11-18(2)15-23(22)24/h5-7,9-12,15,21,28,30H,4,8,13-14,16-17H2,1-3H3/t21-,28-/m0/s1. The molecule has 1 aliphatic rings. The smallest absolute Gasteiger partial charge is 0.149 e. The summed E-state index contributed by atoms with van der Waals surface area (Å²) in [5.41, 5.74) is 6.74. The summed E-state index contributed by atoms with van der Waals surface area (Å²) in [5.74, 6) is -0.491. The molecule has 4 nitrogen and oxygen atoms in total. The van der Waals surface area contributed by atoms with Crippen molar-refractivity contribution in [1.29, 1.82) is 0 Å². The summed E-state index contributed by atoms with van der Waals surface area (Å²) >= 11 is 0. The van der Waals surface area contributed by atoms with Crippen LogP contribution in [-0.4, -0.2) is 28.8 Å². The van der Waals surface area contributed by atoms with E-state index in [1.54, 1.807) is 0 Å². The Bertz CT molecular complexity index is 1160. The maximum Gasteiger partial charge on any atom is 0.149 e. The number of carbonyl (C=O) groups is 2. The first-order valence-electron chi connectivity index (χ1n) is 11.7. The SMILES string of the molecule is CCCC(=O)[C@H]1C(=O)C[C@@H](c2ccccc2)CC1=NCCc1c(C)[nH]c2ccc(C)cc12. The van der Waals surface area contributed by atoms with E-state index in [1.807, 2.05) is 25.1 Å². The van der Waals surface area contributed by atoms with E-state index in [1.165, 1.54) is 16.5 Å². The number of carbonyl (C=O) groups excluding carboxylic acids is 2. The quantitative estimate of drug-likeness (QED) is 0.476. The molecule has 2 atom stereocenters. The highest BCUT2D eigenvalue weighted by Gasteiger charge is 2.38. The van der Waals surface area contributed by atoms with Gasteiger partial charge < -0.3 is 4.98 Å². The third-order valence-corrected chi connectivity index (χ3v) is 6.60. The number of fused-ring (bicyclic) bond motifs is 1. The second-order valence-corrected chi connectivity index (χ2v) is 9.03. The number of nitrogens with one attached hydrogen (secondary N) is 1. The molecule has 1 saturated carbocycles. The van der Waals surface area contributed by atoms with Crippen molar-refractivity contribution < 1.29 is 9.59 Å². The van der Waals surface area contributed by atoms with Gasteiger partial charge in [-0.3, -0.25) is 14.6 Å². The predicted octanol–water partition coefficient (Wildman–Crippen LogP) is 5.90. The van der Waals surface area contributed by atoms with Crippen LogP contribution in [0.4, 0.5) is 0 Å². The van der Waals surface area contributed by atoms with Crippen LogP contribution < -0.4 is 0 Å². The molecule has 2 aromatic carbocycles. The fourth-order valence-corrected chi connectivity index (χ4v) is 4.99. The molecule has 4 heteroatoms. The summed E-state index contributed by atoms with van der Waals surface area (Å²) in [7, 11) is 0. The van der Waals surface area contributed by atoms with Crippen molar-refractivity contribution >= 4 is 28.2 Å². The minimum absolute atomic E-state index is 0.0289. The third-order valence-electron chi connectivity index (χ3n) is 6.60. The lowest BCUT2D eigenvalue weighted by Crippen LogP contribution is -2.38. The molecule has 1 heterocycles. The van der Waals surface area contributed by atoms with Gasteiger partial charge in [-0.2, -0.15) is 0 Å². The number of aliphatic imine (C=N–C) groups is 1. The number of rotatable bonds is 7. The molecule has 0 spiro atoms. The molecule has 166 valence electrons. The first-order chi connectivity index (χ1) is 15.5. The van der Waals surface area contributed by atoms with E-state index in [0.29, 0.717) is 25.8 Å². The Labute approximate surface area is 190 Å². The van der Waals surface area contributed by atoms with Gasteiger partial charge in [0.05, 0.1) is 0 Å². The Hall–Kier alpha value is -3.01. The van der Waals surface area contributed by atoms with E-state index in [2.05, 4.69) is 49.2 Å². The third kappa shape index (κ3) is 4.59. The minimum atomic E-state index is -0.652. The number of aromatic nitrogens is 1. The van der Waals surface area contributed by atoms with Gasteiger partial charge in [-0.15, -0.1) is 0 Å². The molecule has 0 unspecified atom stereocenters. The van der Waals surface area contributed by atoms with Gasteiger partial charge in [0.2, 0.25) is 0 Å². The van der Waals surface area contributed by atoms with Crippen LogP contribution in [0.25, 0.3) is 10.9 Å². The minimum Gasteiger partial charge on any atom is -0.358 e. The highest BCUT2D eigenvalue weighted by Crippen LogP contribution is 2.33. The van der Waals surface area contributed by atoms with Crippen molar-refractivity contribution in [2.24, 2.45) is 10.9 Å². The van der Waals surface area contributed by atoms with Crippen molar-refractivity contribution in [2.75, 3.05) is 6.54 Å². The van der Waals surface area contributed by atoms with Gasteiger partial charge in [0, 0.05) is 41.7 Å². The van der Waals surface area contributed by atoms with E-state index in [0.717, 1.165) is 35.3 Å². The molecule has 1 fully saturated rings. The zero-order valence-corrected chi connectivity index (χ0v) is 19.3. The number of nitrogens with zero attached hydrogens (tertiary/aromatic N) is 1. The molecule has 1 N–H and O–H groups in total. The largest absolute Gasteiger partial charge is 0.358 e. The van der Waals surface area contributed by atoms with Crippen molar-refractivity contribution in [2.45, 2.75) is 58.8 Å². The molecule has 1 aromatic heterocycles. The number of hydrogen-bond acceptors (Lipinski definition) is 3. The van der Waals surface area contributed by atoms with E-state index in [9.17, 15) is 9.59 Å². The lowest BCUT2D eigenvalue weighted by Gasteiger charge is -2.29. The van der Waals surface area contributed by atoms with Crippen LogP contribution in [0.5, 0.6) is 0 Å². The Balaban J connectivity index is 1.60. The second-order valence-electron chi connectivity index (χ2n) is 9.03. The maximum atomic E-state index is 13.1. The number of aryl methyl sites for hydroxylation is 2. The molecule has 1 aliphatic carbocycles. The Morgan fingerprint density at radius 1 is 1.09 bits per heavy atom. The lowest BCUT2D eigenvalue weighted by atomic mass is 9.74.